The molecule has 1 atom stereocenters. The van der Waals surface area contributed by atoms with E-state index in [0.29, 0.717) is 11.3 Å². The lowest BCUT2D eigenvalue weighted by Crippen LogP contribution is -2.24. The summed E-state index contributed by atoms with van der Waals surface area (Å²) in [5.74, 6) is -1.28. The molecule has 0 saturated carbocycles. The zero-order valence-corrected chi connectivity index (χ0v) is 15.2. The molecule has 0 saturated heterocycles. The van der Waals surface area contributed by atoms with Crippen molar-refractivity contribution in [2.45, 2.75) is 59.0 Å². The van der Waals surface area contributed by atoms with Gasteiger partial charge in [0, 0.05) is 17.3 Å². The fraction of sp³-hybridized carbons (Fsp3) is 0.474. The highest BCUT2D eigenvalue weighted by molar-refractivity contribution is 5.90. The van der Waals surface area contributed by atoms with E-state index in [1.54, 1.807) is 6.92 Å². The van der Waals surface area contributed by atoms with E-state index < -0.39 is 11.6 Å². The highest BCUT2D eigenvalue weighted by atomic mass is 16.6. The SMILES string of the molecule is Cc1cc(C2CCc3c2[nH]c(C(=O)OC(C)(C)C)c3C)[nH]c1C(=O)O. The van der Waals surface area contributed by atoms with Gasteiger partial charge in [-0.05, 0) is 70.2 Å². The van der Waals surface area contributed by atoms with Crippen LogP contribution in [0.4, 0.5) is 0 Å². The van der Waals surface area contributed by atoms with Gasteiger partial charge in [-0.2, -0.15) is 0 Å². The molecule has 6 heteroatoms. The summed E-state index contributed by atoms with van der Waals surface area (Å²) in [7, 11) is 0. The van der Waals surface area contributed by atoms with E-state index in [0.717, 1.165) is 35.4 Å². The predicted molar refractivity (Wildman–Crippen MR) is 93.4 cm³/mol. The molecule has 1 unspecified atom stereocenters. The molecule has 0 spiro atoms. The van der Waals surface area contributed by atoms with Crippen LogP contribution >= 0.6 is 0 Å². The molecule has 2 aromatic rings. The summed E-state index contributed by atoms with van der Waals surface area (Å²) >= 11 is 0. The average molecular weight is 344 g/mol. The first-order valence-electron chi connectivity index (χ1n) is 8.46. The number of esters is 1. The molecule has 0 amide bonds. The van der Waals surface area contributed by atoms with E-state index in [1.807, 2.05) is 33.8 Å². The van der Waals surface area contributed by atoms with Crippen molar-refractivity contribution >= 4 is 11.9 Å². The first kappa shape index (κ1) is 17.3. The summed E-state index contributed by atoms with van der Waals surface area (Å²) < 4.78 is 5.48. The Morgan fingerprint density at radius 2 is 1.88 bits per heavy atom. The molecule has 0 aromatic carbocycles. The number of carbonyl (C=O) groups excluding carboxylic acids is 1. The second-order valence-electron chi connectivity index (χ2n) is 7.70. The Morgan fingerprint density at radius 1 is 1.20 bits per heavy atom. The van der Waals surface area contributed by atoms with Crippen molar-refractivity contribution in [3.8, 4) is 0 Å². The fourth-order valence-electron chi connectivity index (χ4n) is 3.55. The van der Waals surface area contributed by atoms with Crippen LogP contribution in [0.15, 0.2) is 6.07 Å². The number of hydrogen-bond acceptors (Lipinski definition) is 3. The van der Waals surface area contributed by atoms with Crippen molar-refractivity contribution in [1.82, 2.24) is 9.97 Å². The fourth-order valence-corrected chi connectivity index (χ4v) is 3.55. The Hall–Kier alpha value is -2.50. The van der Waals surface area contributed by atoms with Crippen molar-refractivity contribution in [2.24, 2.45) is 0 Å². The van der Waals surface area contributed by atoms with Crippen LogP contribution < -0.4 is 0 Å². The van der Waals surface area contributed by atoms with Crippen LogP contribution in [0.2, 0.25) is 0 Å². The highest BCUT2D eigenvalue weighted by Gasteiger charge is 2.33. The van der Waals surface area contributed by atoms with E-state index in [1.165, 1.54) is 0 Å². The number of aromatic nitrogens is 2. The van der Waals surface area contributed by atoms with E-state index in [-0.39, 0.29) is 17.6 Å². The van der Waals surface area contributed by atoms with Crippen LogP contribution in [0.3, 0.4) is 0 Å². The Balaban J connectivity index is 1.95. The zero-order chi connectivity index (χ0) is 18.5. The van der Waals surface area contributed by atoms with Crippen molar-refractivity contribution < 1.29 is 19.4 Å². The molecule has 1 aliphatic rings. The van der Waals surface area contributed by atoms with Gasteiger partial charge in [0.05, 0.1) is 0 Å². The van der Waals surface area contributed by atoms with E-state index in [2.05, 4.69) is 9.97 Å². The van der Waals surface area contributed by atoms with Crippen LogP contribution in [-0.4, -0.2) is 32.6 Å². The lowest BCUT2D eigenvalue weighted by molar-refractivity contribution is 0.00623. The number of carbonyl (C=O) groups is 2. The van der Waals surface area contributed by atoms with Crippen LogP contribution in [0, 0.1) is 13.8 Å². The molecule has 0 aliphatic heterocycles. The standard InChI is InChI=1S/C19H24N2O4/c1-9-8-13(20-14(9)17(22)23)12-7-6-11-10(2)15(21-16(11)12)18(24)25-19(3,4)5/h8,12,20-21H,6-7H2,1-5H3,(H,22,23). The highest BCUT2D eigenvalue weighted by Crippen LogP contribution is 2.40. The van der Waals surface area contributed by atoms with Gasteiger partial charge < -0.3 is 19.8 Å². The quantitative estimate of drug-likeness (QED) is 0.740. The van der Waals surface area contributed by atoms with Gasteiger partial charge in [0.1, 0.15) is 17.0 Å². The number of carboxylic acid groups (broad SMARTS) is 1. The summed E-state index contributed by atoms with van der Waals surface area (Å²) in [5, 5.41) is 9.25. The zero-order valence-electron chi connectivity index (χ0n) is 15.2. The predicted octanol–water partition coefficient (Wildman–Crippen LogP) is 3.69. The van der Waals surface area contributed by atoms with Crippen LogP contribution in [-0.2, 0) is 11.2 Å². The van der Waals surface area contributed by atoms with Crippen molar-refractivity contribution in [3.63, 3.8) is 0 Å². The summed E-state index contributed by atoms with van der Waals surface area (Å²) in [6, 6.07) is 1.88. The molecule has 134 valence electrons. The van der Waals surface area contributed by atoms with Gasteiger partial charge in [-0.1, -0.05) is 0 Å². The van der Waals surface area contributed by atoms with Gasteiger partial charge in [0.15, 0.2) is 0 Å². The largest absolute Gasteiger partial charge is 0.477 e. The summed E-state index contributed by atoms with van der Waals surface area (Å²) in [6.07, 6.45) is 1.74. The molecule has 2 heterocycles. The third-order valence-electron chi connectivity index (χ3n) is 4.67. The molecule has 3 N–H and O–H groups in total. The summed E-state index contributed by atoms with van der Waals surface area (Å²) in [5.41, 5.74) is 4.79. The number of rotatable bonds is 3. The smallest absolute Gasteiger partial charge is 0.355 e. The maximum absolute atomic E-state index is 12.4. The molecule has 1 aliphatic carbocycles. The number of nitrogens with one attached hydrogen (secondary N) is 2. The molecule has 2 aromatic heterocycles. The van der Waals surface area contributed by atoms with Gasteiger partial charge in [0.25, 0.3) is 0 Å². The van der Waals surface area contributed by atoms with Crippen molar-refractivity contribution in [2.75, 3.05) is 0 Å². The van der Waals surface area contributed by atoms with Gasteiger partial charge in [-0.3, -0.25) is 0 Å². The second-order valence-corrected chi connectivity index (χ2v) is 7.70. The molecular formula is C19H24N2O4. The monoisotopic (exact) mass is 344 g/mol. The first-order valence-corrected chi connectivity index (χ1v) is 8.46. The molecule has 3 rings (SSSR count). The summed E-state index contributed by atoms with van der Waals surface area (Å²) in [6.45, 7) is 9.24. The Bertz CT molecular complexity index is 852. The first-order chi connectivity index (χ1) is 11.6. The van der Waals surface area contributed by atoms with Crippen molar-refractivity contribution in [3.05, 3.63) is 45.5 Å². The van der Waals surface area contributed by atoms with Gasteiger partial charge >= 0.3 is 11.9 Å². The maximum Gasteiger partial charge on any atom is 0.355 e. The number of aryl methyl sites for hydroxylation is 1. The number of ether oxygens (including phenoxy) is 1. The number of hydrogen-bond donors (Lipinski definition) is 3. The maximum atomic E-state index is 12.4. The van der Waals surface area contributed by atoms with Crippen LogP contribution in [0.5, 0.6) is 0 Å². The van der Waals surface area contributed by atoms with Gasteiger partial charge in [-0.25, -0.2) is 9.59 Å². The van der Waals surface area contributed by atoms with Gasteiger partial charge in [-0.15, -0.1) is 0 Å². The molecule has 25 heavy (non-hydrogen) atoms. The van der Waals surface area contributed by atoms with Gasteiger partial charge in [0.2, 0.25) is 0 Å². The number of aromatic carboxylic acids is 1. The average Bonchev–Trinajstić information content (AvgIpc) is 3.12. The lowest BCUT2D eigenvalue weighted by Gasteiger charge is -2.19. The minimum absolute atomic E-state index is 0.0386. The summed E-state index contributed by atoms with van der Waals surface area (Å²) in [4.78, 5) is 30.0. The lowest BCUT2D eigenvalue weighted by atomic mass is 10.0. The van der Waals surface area contributed by atoms with Crippen LogP contribution in [0.1, 0.15) is 82.2 Å². The second kappa shape index (κ2) is 5.79. The number of fused-ring (bicyclic) bond motifs is 1. The van der Waals surface area contributed by atoms with E-state index in [9.17, 15) is 14.7 Å². The van der Waals surface area contributed by atoms with Crippen molar-refractivity contribution in [1.29, 1.82) is 0 Å². The number of H-pyrrole nitrogens is 2. The number of aromatic amines is 2. The molecule has 0 radical (unpaired) electrons. The van der Waals surface area contributed by atoms with Crippen LogP contribution in [0.25, 0.3) is 0 Å². The normalized spacial score (nSPS) is 16.8. The van der Waals surface area contributed by atoms with E-state index in [4.69, 9.17) is 4.74 Å². The minimum Gasteiger partial charge on any atom is -0.477 e. The molecular weight excluding hydrogens is 320 g/mol. The van der Waals surface area contributed by atoms with E-state index >= 15 is 0 Å². The Morgan fingerprint density at radius 3 is 2.44 bits per heavy atom. The molecule has 6 nitrogen and oxygen atoms in total. The number of carboxylic acids is 1. The Labute approximate surface area is 146 Å². The topological polar surface area (TPSA) is 95.2 Å². The third kappa shape index (κ3) is 3.08. The minimum atomic E-state index is -0.959. The molecule has 0 bridgehead atoms. The third-order valence-corrected chi connectivity index (χ3v) is 4.67. The molecule has 0 fully saturated rings. The Kier molecular flexibility index (Phi) is 4.01.